The maximum atomic E-state index is 10.9. The largest absolute Gasteiger partial charge is 0.339 e. The Balaban J connectivity index is 2.27. The van der Waals surface area contributed by atoms with Gasteiger partial charge in [0.25, 0.3) is 0 Å². The Kier molecular flexibility index (Phi) is 2.58. The van der Waals surface area contributed by atoms with E-state index < -0.39 is 11.1 Å². The first-order chi connectivity index (χ1) is 5.09. The molecule has 1 atom stereocenters. The summed E-state index contributed by atoms with van der Waals surface area (Å²) in [6.07, 6.45) is 0. The summed E-state index contributed by atoms with van der Waals surface area (Å²) < 4.78 is 18.5. The quantitative estimate of drug-likeness (QED) is 0.498. The molecule has 0 saturated carbocycles. The Labute approximate surface area is 66.8 Å². The van der Waals surface area contributed by atoms with Gasteiger partial charge in [-0.15, -0.1) is 0 Å². The SMILES string of the molecule is NC1CN(C(=O)CS(=O)O)C1. The number of hydrogen-bond donors (Lipinski definition) is 2. The average Bonchev–Trinajstić information content (AvgIpc) is 1.79. The van der Waals surface area contributed by atoms with Crippen LogP contribution in [0.15, 0.2) is 0 Å². The van der Waals surface area contributed by atoms with Gasteiger partial charge in [-0.25, -0.2) is 4.21 Å². The van der Waals surface area contributed by atoms with Crippen LogP contribution in [0.1, 0.15) is 0 Å². The third-order valence-electron chi connectivity index (χ3n) is 1.51. The van der Waals surface area contributed by atoms with Gasteiger partial charge >= 0.3 is 0 Å². The Morgan fingerprint density at radius 2 is 2.27 bits per heavy atom. The number of carbonyl (C=O) groups excluding carboxylic acids is 1. The van der Waals surface area contributed by atoms with Crippen molar-refractivity contribution in [2.45, 2.75) is 6.04 Å². The van der Waals surface area contributed by atoms with E-state index >= 15 is 0 Å². The number of amides is 1. The van der Waals surface area contributed by atoms with Gasteiger partial charge < -0.3 is 15.2 Å². The molecule has 0 bridgehead atoms. The van der Waals surface area contributed by atoms with Gasteiger partial charge in [-0.1, -0.05) is 0 Å². The lowest BCUT2D eigenvalue weighted by Gasteiger charge is -2.36. The molecular formula is C5H10N2O3S. The van der Waals surface area contributed by atoms with Crippen molar-refractivity contribution in [1.29, 1.82) is 0 Å². The molecule has 1 fully saturated rings. The zero-order chi connectivity index (χ0) is 8.43. The molecule has 1 amide bonds. The smallest absolute Gasteiger partial charge is 0.237 e. The van der Waals surface area contributed by atoms with Gasteiger partial charge in [0.1, 0.15) is 5.75 Å². The molecule has 0 aromatic carbocycles. The molecule has 5 nitrogen and oxygen atoms in total. The fraction of sp³-hybridized carbons (Fsp3) is 0.800. The molecule has 1 aliphatic heterocycles. The fourth-order valence-electron chi connectivity index (χ4n) is 0.913. The molecular weight excluding hydrogens is 168 g/mol. The Morgan fingerprint density at radius 1 is 1.73 bits per heavy atom. The number of likely N-dealkylation sites (tertiary alicyclic amines) is 1. The third-order valence-corrected chi connectivity index (χ3v) is 2.00. The van der Waals surface area contributed by atoms with Crippen molar-refractivity contribution >= 4 is 17.0 Å². The zero-order valence-corrected chi connectivity index (χ0v) is 6.71. The highest BCUT2D eigenvalue weighted by atomic mass is 32.2. The van der Waals surface area contributed by atoms with Crippen LogP contribution in [-0.2, 0) is 15.9 Å². The molecule has 0 radical (unpaired) electrons. The maximum Gasteiger partial charge on any atom is 0.237 e. The van der Waals surface area contributed by atoms with E-state index in [0.29, 0.717) is 13.1 Å². The second-order valence-corrected chi connectivity index (χ2v) is 3.46. The van der Waals surface area contributed by atoms with Crippen LogP contribution in [0, 0.1) is 0 Å². The van der Waals surface area contributed by atoms with Crippen molar-refractivity contribution in [3.63, 3.8) is 0 Å². The summed E-state index contributed by atoms with van der Waals surface area (Å²) in [7, 11) is 0. The molecule has 1 saturated heterocycles. The van der Waals surface area contributed by atoms with Crippen molar-refractivity contribution in [3.8, 4) is 0 Å². The first-order valence-electron chi connectivity index (χ1n) is 3.20. The van der Waals surface area contributed by atoms with E-state index in [2.05, 4.69) is 0 Å². The van der Waals surface area contributed by atoms with E-state index in [0.717, 1.165) is 0 Å². The van der Waals surface area contributed by atoms with Crippen molar-refractivity contribution < 1.29 is 13.6 Å². The van der Waals surface area contributed by atoms with Crippen LogP contribution < -0.4 is 5.73 Å². The highest BCUT2D eigenvalue weighted by molar-refractivity contribution is 7.80. The van der Waals surface area contributed by atoms with Crippen LogP contribution in [-0.4, -0.2) is 44.5 Å². The Hall–Kier alpha value is -0.460. The normalized spacial score (nSPS) is 21.1. The lowest BCUT2D eigenvalue weighted by Crippen LogP contribution is -2.58. The van der Waals surface area contributed by atoms with Crippen LogP contribution in [0.5, 0.6) is 0 Å². The van der Waals surface area contributed by atoms with E-state index in [1.165, 1.54) is 4.90 Å². The first kappa shape index (κ1) is 8.63. The van der Waals surface area contributed by atoms with Gasteiger partial charge in [-0.05, 0) is 0 Å². The standard InChI is InChI=1S/C5H10N2O3S/c6-4-1-7(2-4)5(8)3-11(9)10/h4H,1-3,6H2,(H,9,10). The van der Waals surface area contributed by atoms with Crippen molar-refractivity contribution in [1.82, 2.24) is 4.90 Å². The minimum atomic E-state index is -2.03. The Bertz CT molecular complexity index is 190. The molecule has 6 heteroatoms. The lowest BCUT2D eigenvalue weighted by atomic mass is 10.1. The number of rotatable bonds is 2. The van der Waals surface area contributed by atoms with Crippen LogP contribution in [0.4, 0.5) is 0 Å². The average molecular weight is 178 g/mol. The summed E-state index contributed by atoms with van der Waals surface area (Å²) in [5, 5.41) is 0. The maximum absolute atomic E-state index is 10.9. The fourth-order valence-corrected chi connectivity index (χ4v) is 1.31. The van der Waals surface area contributed by atoms with E-state index in [1.807, 2.05) is 0 Å². The van der Waals surface area contributed by atoms with Gasteiger partial charge in [0, 0.05) is 19.1 Å². The molecule has 0 aromatic heterocycles. The lowest BCUT2D eigenvalue weighted by molar-refractivity contribution is -0.132. The summed E-state index contributed by atoms with van der Waals surface area (Å²) in [5.74, 6) is -0.611. The predicted molar refractivity (Wildman–Crippen MR) is 40.2 cm³/mol. The van der Waals surface area contributed by atoms with Crippen molar-refractivity contribution in [2.24, 2.45) is 5.73 Å². The predicted octanol–water partition coefficient (Wildman–Crippen LogP) is -1.62. The molecule has 1 heterocycles. The third kappa shape index (κ3) is 2.25. The van der Waals surface area contributed by atoms with E-state index in [4.69, 9.17) is 10.3 Å². The molecule has 3 N–H and O–H groups in total. The van der Waals surface area contributed by atoms with Crippen LogP contribution in [0.25, 0.3) is 0 Å². The summed E-state index contributed by atoms with van der Waals surface area (Å²) in [4.78, 5) is 12.4. The van der Waals surface area contributed by atoms with Crippen LogP contribution >= 0.6 is 0 Å². The van der Waals surface area contributed by atoms with Crippen molar-refractivity contribution in [2.75, 3.05) is 18.8 Å². The second kappa shape index (κ2) is 3.29. The van der Waals surface area contributed by atoms with Crippen LogP contribution in [0.3, 0.4) is 0 Å². The number of nitrogens with zero attached hydrogens (tertiary/aromatic N) is 1. The second-order valence-electron chi connectivity index (χ2n) is 2.52. The summed E-state index contributed by atoms with van der Waals surface area (Å²) >= 11 is -2.03. The monoisotopic (exact) mass is 178 g/mol. The van der Waals surface area contributed by atoms with Gasteiger partial charge in [0.05, 0.1) is 0 Å². The van der Waals surface area contributed by atoms with E-state index in [1.54, 1.807) is 0 Å². The van der Waals surface area contributed by atoms with Gasteiger partial charge in [-0.2, -0.15) is 0 Å². The summed E-state index contributed by atoms with van der Waals surface area (Å²) in [6, 6.07) is 0.0473. The first-order valence-corrected chi connectivity index (χ1v) is 4.48. The minimum absolute atomic E-state index is 0.0473. The highest BCUT2D eigenvalue weighted by Crippen LogP contribution is 2.05. The molecule has 1 aliphatic rings. The number of hydrogen-bond acceptors (Lipinski definition) is 3. The molecule has 64 valence electrons. The molecule has 0 spiro atoms. The van der Waals surface area contributed by atoms with E-state index in [-0.39, 0.29) is 17.7 Å². The van der Waals surface area contributed by atoms with Crippen LogP contribution in [0.2, 0.25) is 0 Å². The summed E-state index contributed by atoms with van der Waals surface area (Å²) in [5.41, 5.74) is 5.41. The topological polar surface area (TPSA) is 83.6 Å². The summed E-state index contributed by atoms with van der Waals surface area (Å²) in [6.45, 7) is 1.02. The van der Waals surface area contributed by atoms with Gasteiger partial charge in [0.15, 0.2) is 11.1 Å². The molecule has 0 aromatic rings. The molecule has 1 rings (SSSR count). The Morgan fingerprint density at radius 3 is 2.64 bits per heavy atom. The van der Waals surface area contributed by atoms with E-state index in [9.17, 15) is 9.00 Å². The number of nitrogens with two attached hydrogens (primary N) is 1. The zero-order valence-electron chi connectivity index (χ0n) is 5.90. The van der Waals surface area contributed by atoms with Crippen molar-refractivity contribution in [3.05, 3.63) is 0 Å². The highest BCUT2D eigenvalue weighted by Gasteiger charge is 2.27. The van der Waals surface area contributed by atoms with Gasteiger partial charge in [0.2, 0.25) is 5.91 Å². The molecule has 0 aliphatic carbocycles. The molecule has 11 heavy (non-hydrogen) atoms. The van der Waals surface area contributed by atoms with Gasteiger partial charge in [-0.3, -0.25) is 4.79 Å². The minimum Gasteiger partial charge on any atom is -0.339 e. The number of carbonyl (C=O) groups is 1. The molecule has 1 unspecified atom stereocenters.